The second kappa shape index (κ2) is 4.55. The fourth-order valence-corrected chi connectivity index (χ4v) is 2.50. The highest BCUT2D eigenvalue weighted by Gasteiger charge is 2.07. The van der Waals surface area contributed by atoms with E-state index in [2.05, 4.69) is 30.1 Å². The van der Waals surface area contributed by atoms with Crippen molar-refractivity contribution in [3.63, 3.8) is 0 Å². The van der Waals surface area contributed by atoms with Gasteiger partial charge in [0.1, 0.15) is 0 Å². The summed E-state index contributed by atoms with van der Waals surface area (Å²) in [6, 6.07) is 8.42. The van der Waals surface area contributed by atoms with Crippen LogP contribution in [0.4, 0.5) is 0 Å². The van der Waals surface area contributed by atoms with E-state index >= 15 is 0 Å². The maximum Gasteiger partial charge on any atom is 0.0387 e. The zero-order valence-corrected chi connectivity index (χ0v) is 9.50. The molecule has 0 spiro atoms. The van der Waals surface area contributed by atoms with Crippen molar-refractivity contribution in [2.45, 2.75) is 19.4 Å². The van der Waals surface area contributed by atoms with E-state index < -0.39 is 0 Å². The number of rotatable bonds is 3. The Morgan fingerprint density at radius 1 is 1.40 bits per heavy atom. The van der Waals surface area contributed by atoms with Gasteiger partial charge in [-0.05, 0) is 24.6 Å². The average molecular weight is 218 g/mol. The van der Waals surface area contributed by atoms with E-state index in [0.717, 1.165) is 12.0 Å². The molecule has 1 unspecified atom stereocenters. The molecular weight excluding hydrogens is 204 g/mol. The summed E-state index contributed by atoms with van der Waals surface area (Å²) in [5, 5.41) is 0. The molecule has 2 aromatic rings. The van der Waals surface area contributed by atoms with Gasteiger partial charge in [0.15, 0.2) is 0 Å². The lowest BCUT2D eigenvalue weighted by atomic mass is 10.2. The average Bonchev–Trinajstić information content (AvgIpc) is 2.78. The summed E-state index contributed by atoms with van der Waals surface area (Å²) in [4.78, 5) is 6.60. The summed E-state index contributed by atoms with van der Waals surface area (Å²) >= 11 is 1.75. The summed E-state index contributed by atoms with van der Waals surface area (Å²) < 4.78 is 0. The molecule has 0 saturated heterocycles. The topological polar surface area (TPSA) is 38.9 Å². The molecule has 2 N–H and O–H groups in total. The Hall–Kier alpha value is -1.19. The van der Waals surface area contributed by atoms with E-state index in [-0.39, 0.29) is 6.04 Å². The minimum atomic E-state index is 0.167. The van der Waals surface area contributed by atoms with Crippen molar-refractivity contribution in [3.8, 4) is 10.4 Å². The number of hydrogen-bond donors (Lipinski definition) is 1. The minimum Gasteiger partial charge on any atom is -0.323 e. The molecule has 0 aliphatic heterocycles. The van der Waals surface area contributed by atoms with Gasteiger partial charge in [-0.1, -0.05) is 13.0 Å². The van der Waals surface area contributed by atoms with Crippen molar-refractivity contribution >= 4 is 11.3 Å². The molecule has 0 fully saturated rings. The molecule has 15 heavy (non-hydrogen) atoms. The summed E-state index contributed by atoms with van der Waals surface area (Å²) in [7, 11) is 0. The second-order valence-electron chi connectivity index (χ2n) is 3.46. The van der Waals surface area contributed by atoms with Crippen LogP contribution in [0.1, 0.15) is 24.3 Å². The standard InChI is InChI=1S/C12H14N2S/c1-2-10(13)12-6-5-11(15-12)9-4-3-7-14-8-9/h3-8,10H,2,13H2,1H3. The number of hydrogen-bond acceptors (Lipinski definition) is 3. The van der Waals surface area contributed by atoms with Gasteiger partial charge in [-0.25, -0.2) is 0 Å². The molecule has 0 saturated carbocycles. The molecule has 1 atom stereocenters. The Bertz CT molecular complexity index is 422. The Balaban J connectivity index is 2.28. The van der Waals surface area contributed by atoms with Gasteiger partial charge >= 0.3 is 0 Å². The van der Waals surface area contributed by atoms with Gasteiger partial charge in [-0.2, -0.15) is 0 Å². The molecule has 0 amide bonds. The highest BCUT2D eigenvalue weighted by Crippen LogP contribution is 2.30. The van der Waals surface area contributed by atoms with Gasteiger partial charge in [-0.3, -0.25) is 4.98 Å². The fraction of sp³-hybridized carbons (Fsp3) is 0.250. The van der Waals surface area contributed by atoms with Crippen LogP contribution in [0.3, 0.4) is 0 Å². The maximum absolute atomic E-state index is 5.98. The van der Waals surface area contributed by atoms with Crippen molar-refractivity contribution in [2.24, 2.45) is 5.73 Å². The van der Waals surface area contributed by atoms with E-state index in [1.54, 1.807) is 17.5 Å². The first-order chi connectivity index (χ1) is 7.31. The largest absolute Gasteiger partial charge is 0.323 e. The highest BCUT2D eigenvalue weighted by atomic mass is 32.1. The number of nitrogens with zero attached hydrogens (tertiary/aromatic N) is 1. The molecule has 0 aromatic carbocycles. The zero-order valence-electron chi connectivity index (χ0n) is 8.68. The van der Waals surface area contributed by atoms with Crippen molar-refractivity contribution in [2.75, 3.05) is 0 Å². The molecule has 2 rings (SSSR count). The van der Waals surface area contributed by atoms with Crippen molar-refractivity contribution in [1.82, 2.24) is 4.98 Å². The van der Waals surface area contributed by atoms with Gasteiger partial charge in [0.25, 0.3) is 0 Å². The van der Waals surface area contributed by atoms with E-state index in [9.17, 15) is 0 Å². The molecule has 0 aliphatic carbocycles. The van der Waals surface area contributed by atoms with Crippen LogP contribution in [0.5, 0.6) is 0 Å². The number of nitrogens with two attached hydrogens (primary N) is 1. The molecule has 0 radical (unpaired) electrons. The Labute approximate surface area is 93.8 Å². The van der Waals surface area contributed by atoms with Crippen LogP contribution >= 0.6 is 11.3 Å². The molecule has 0 aliphatic rings. The molecule has 2 nitrogen and oxygen atoms in total. The lowest BCUT2D eigenvalue weighted by molar-refractivity contribution is 0.712. The van der Waals surface area contributed by atoms with Crippen LogP contribution in [-0.4, -0.2) is 4.98 Å². The number of aromatic nitrogens is 1. The van der Waals surface area contributed by atoms with Crippen LogP contribution in [0.2, 0.25) is 0 Å². The van der Waals surface area contributed by atoms with Gasteiger partial charge in [0.05, 0.1) is 0 Å². The third kappa shape index (κ3) is 2.25. The minimum absolute atomic E-state index is 0.167. The third-order valence-electron chi connectivity index (χ3n) is 2.38. The molecule has 3 heteroatoms. The maximum atomic E-state index is 5.98. The summed E-state index contributed by atoms with van der Waals surface area (Å²) in [5.74, 6) is 0. The van der Waals surface area contributed by atoms with Crippen molar-refractivity contribution < 1.29 is 0 Å². The smallest absolute Gasteiger partial charge is 0.0387 e. The van der Waals surface area contributed by atoms with Gasteiger partial charge in [0, 0.05) is 33.8 Å². The van der Waals surface area contributed by atoms with E-state index in [4.69, 9.17) is 5.73 Å². The van der Waals surface area contributed by atoms with Crippen LogP contribution in [0.25, 0.3) is 10.4 Å². The molecule has 2 aromatic heterocycles. The zero-order chi connectivity index (χ0) is 10.7. The summed E-state index contributed by atoms with van der Waals surface area (Å²) in [6.45, 7) is 2.11. The van der Waals surface area contributed by atoms with Crippen molar-refractivity contribution in [1.29, 1.82) is 0 Å². The fourth-order valence-electron chi connectivity index (χ4n) is 1.42. The third-order valence-corrected chi connectivity index (χ3v) is 3.64. The quantitative estimate of drug-likeness (QED) is 0.859. The van der Waals surface area contributed by atoms with Crippen LogP contribution in [0, 0.1) is 0 Å². The monoisotopic (exact) mass is 218 g/mol. The molecule has 2 heterocycles. The normalized spacial score (nSPS) is 12.7. The lowest BCUT2D eigenvalue weighted by Crippen LogP contribution is -2.05. The van der Waals surface area contributed by atoms with E-state index in [1.165, 1.54) is 9.75 Å². The molecular formula is C12H14N2S. The number of thiophene rings is 1. The summed E-state index contributed by atoms with van der Waals surface area (Å²) in [6.07, 6.45) is 4.65. The SMILES string of the molecule is CCC(N)c1ccc(-c2cccnc2)s1. The lowest BCUT2D eigenvalue weighted by Gasteiger charge is -2.03. The van der Waals surface area contributed by atoms with Crippen LogP contribution in [-0.2, 0) is 0 Å². The van der Waals surface area contributed by atoms with Gasteiger partial charge in [-0.15, -0.1) is 11.3 Å². The molecule has 0 bridgehead atoms. The van der Waals surface area contributed by atoms with E-state index in [0.29, 0.717) is 0 Å². The Morgan fingerprint density at radius 2 is 2.27 bits per heavy atom. The van der Waals surface area contributed by atoms with Crippen LogP contribution in [0.15, 0.2) is 36.7 Å². The number of pyridine rings is 1. The van der Waals surface area contributed by atoms with Crippen LogP contribution < -0.4 is 5.73 Å². The Kier molecular flexibility index (Phi) is 3.14. The first-order valence-corrected chi connectivity index (χ1v) is 5.88. The molecule has 78 valence electrons. The second-order valence-corrected chi connectivity index (χ2v) is 4.57. The first kappa shape index (κ1) is 10.3. The predicted molar refractivity (Wildman–Crippen MR) is 64.8 cm³/mol. The van der Waals surface area contributed by atoms with E-state index in [1.807, 2.05) is 12.3 Å². The van der Waals surface area contributed by atoms with Crippen molar-refractivity contribution in [3.05, 3.63) is 41.5 Å². The summed E-state index contributed by atoms with van der Waals surface area (Å²) in [5.41, 5.74) is 7.14. The highest BCUT2D eigenvalue weighted by molar-refractivity contribution is 7.15. The Morgan fingerprint density at radius 3 is 2.93 bits per heavy atom. The predicted octanol–water partition coefficient (Wildman–Crippen LogP) is 3.22. The van der Waals surface area contributed by atoms with Gasteiger partial charge in [0.2, 0.25) is 0 Å². The van der Waals surface area contributed by atoms with Gasteiger partial charge < -0.3 is 5.73 Å². The first-order valence-electron chi connectivity index (χ1n) is 5.07.